The molecular formula is C11H9ClN4O2S. The number of nitriles is 1. The maximum absolute atomic E-state index is 12.2. The Labute approximate surface area is 115 Å². The minimum Gasteiger partial charge on any atom is -0.264 e. The summed E-state index contributed by atoms with van der Waals surface area (Å²) in [4.78, 5) is -0.144. The van der Waals surface area contributed by atoms with Crippen molar-refractivity contribution in [3.05, 3.63) is 41.0 Å². The Kier molecular flexibility index (Phi) is 3.46. The number of nitrogens with zero attached hydrogens (tertiary/aromatic N) is 3. The summed E-state index contributed by atoms with van der Waals surface area (Å²) in [5.41, 5.74) is 0.217. The van der Waals surface area contributed by atoms with Gasteiger partial charge in [-0.05, 0) is 18.2 Å². The van der Waals surface area contributed by atoms with Gasteiger partial charge in [-0.1, -0.05) is 11.6 Å². The van der Waals surface area contributed by atoms with Crippen molar-refractivity contribution in [1.82, 2.24) is 9.78 Å². The molecule has 0 fully saturated rings. The molecule has 0 aliphatic rings. The highest BCUT2D eigenvalue weighted by molar-refractivity contribution is 7.92. The summed E-state index contributed by atoms with van der Waals surface area (Å²) in [6.07, 6.45) is 1.46. The zero-order chi connectivity index (χ0) is 14.0. The molecule has 98 valence electrons. The van der Waals surface area contributed by atoms with Gasteiger partial charge in [0.05, 0.1) is 22.9 Å². The van der Waals surface area contributed by atoms with Crippen LogP contribution in [0.4, 0.5) is 5.82 Å². The van der Waals surface area contributed by atoms with Crippen LogP contribution in [0.15, 0.2) is 35.4 Å². The third-order valence-corrected chi connectivity index (χ3v) is 4.25. The lowest BCUT2D eigenvalue weighted by molar-refractivity contribution is 0.600. The van der Waals surface area contributed by atoms with E-state index >= 15 is 0 Å². The van der Waals surface area contributed by atoms with Gasteiger partial charge < -0.3 is 0 Å². The first-order chi connectivity index (χ1) is 8.94. The molecule has 0 aliphatic carbocycles. The molecule has 0 atom stereocenters. The summed E-state index contributed by atoms with van der Waals surface area (Å²) in [6, 6.07) is 7.43. The highest BCUT2D eigenvalue weighted by Gasteiger charge is 2.19. The number of rotatable bonds is 3. The second kappa shape index (κ2) is 4.91. The molecule has 0 saturated heterocycles. The van der Waals surface area contributed by atoms with E-state index < -0.39 is 10.0 Å². The number of benzene rings is 1. The van der Waals surface area contributed by atoms with E-state index in [9.17, 15) is 8.42 Å². The van der Waals surface area contributed by atoms with Gasteiger partial charge in [0.25, 0.3) is 10.0 Å². The number of nitrogens with one attached hydrogen (secondary N) is 1. The van der Waals surface area contributed by atoms with E-state index in [1.165, 1.54) is 35.1 Å². The molecule has 1 aromatic carbocycles. The summed E-state index contributed by atoms with van der Waals surface area (Å²) >= 11 is 5.87. The van der Waals surface area contributed by atoms with Crippen molar-refractivity contribution in [2.75, 3.05) is 4.72 Å². The van der Waals surface area contributed by atoms with Crippen molar-refractivity contribution in [3.8, 4) is 6.07 Å². The van der Waals surface area contributed by atoms with Gasteiger partial charge in [0.2, 0.25) is 0 Å². The highest BCUT2D eigenvalue weighted by atomic mass is 35.5. The predicted octanol–water partition coefficient (Wildman–Crippen LogP) is 1.75. The number of aromatic nitrogens is 2. The van der Waals surface area contributed by atoms with Crippen molar-refractivity contribution >= 4 is 27.4 Å². The first-order valence-electron chi connectivity index (χ1n) is 5.14. The number of sulfonamides is 1. The van der Waals surface area contributed by atoms with Gasteiger partial charge in [-0.25, -0.2) is 8.42 Å². The van der Waals surface area contributed by atoms with E-state index in [-0.39, 0.29) is 15.5 Å². The average Bonchev–Trinajstić information content (AvgIpc) is 2.75. The average molecular weight is 297 g/mol. The topological polar surface area (TPSA) is 87.8 Å². The molecular weight excluding hydrogens is 288 g/mol. The predicted molar refractivity (Wildman–Crippen MR) is 70.2 cm³/mol. The third kappa shape index (κ3) is 2.70. The van der Waals surface area contributed by atoms with E-state index in [4.69, 9.17) is 16.9 Å². The Bertz CT molecular complexity index is 761. The second-order valence-corrected chi connectivity index (χ2v) is 5.76. The molecule has 0 aliphatic heterocycles. The first kappa shape index (κ1) is 13.4. The lowest BCUT2D eigenvalue weighted by Gasteiger charge is -2.09. The van der Waals surface area contributed by atoms with Crippen LogP contribution in [0.5, 0.6) is 0 Å². The smallest absolute Gasteiger partial charge is 0.264 e. The Morgan fingerprint density at radius 3 is 2.74 bits per heavy atom. The third-order valence-electron chi connectivity index (χ3n) is 2.41. The quantitative estimate of drug-likeness (QED) is 0.934. The van der Waals surface area contributed by atoms with Gasteiger partial charge in [-0.3, -0.25) is 9.40 Å². The molecule has 0 saturated carbocycles. The van der Waals surface area contributed by atoms with Gasteiger partial charge in [-0.15, -0.1) is 0 Å². The van der Waals surface area contributed by atoms with Crippen LogP contribution >= 0.6 is 11.6 Å². The largest absolute Gasteiger partial charge is 0.264 e. The number of halogens is 1. The van der Waals surface area contributed by atoms with E-state index in [0.29, 0.717) is 5.82 Å². The number of anilines is 1. The van der Waals surface area contributed by atoms with Crippen LogP contribution in [0.2, 0.25) is 5.02 Å². The van der Waals surface area contributed by atoms with E-state index in [1.54, 1.807) is 7.05 Å². The number of aryl methyl sites for hydroxylation is 1. The molecule has 0 bridgehead atoms. The molecule has 2 aromatic rings. The first-order valence-corrected chi connectivity index (χ1v) is 7.00. The van der Waals surface area contributed by atoms with Crippen LogP contribution in [0.3, 0.4) is 0 Å². The molecule has 6 nitrogen and oxygen atoms in total. The van der Waals surface area contributed by atoms with Crippen LogP contribution in [0.1, 0.15) is 5.56 Å². The fourth-order valence-corrected chi connectivity index (χ4v) is 3.06. The van der Waals surface area contributed by atoms with Crippen LogP contribution in [-0.2, 0) is 17.1 Å². The Balaban J connectivity index is 2.46. The van der Waals surface area contributed by atoms with Gasteiger partial charge in [-0.2, -0.15) is 10.4 Å². The second-order valence-electron chi connectivity index (χ2n) is 3.70. The van der Waals surface area contributed by atoms with E-state index in [1.807, 2.05) is 6.07 Å². The Morgan fingerprint density at radius 2 is 2.16 bits per heavy atom. The Hall–Kier alpha value is -2.04. The van der Waals surface area contributed by atoms with Crippen LogP contribution in [0.25, 0.3) is 0 Å². The van der Waals surface area contributed by atoms with Crippen LogP contribution in [-0.4, -0.2) is 18.2 Å². The molecule has 2 rings (SSSR count). The molecule has 0 spiro atoms. The highest BCUT2D eigenvalue weighted by Crippen LogP contribution is 2.24. The van der Waals surface area contributed by atoms with Gasteiger partial charge in [0.15, 0.2) is 0 Å². The van der Waals surface area contributed by atoms with Crippen molar-refractivity contribution in [2.45, 2.75) is 4.90 Å². The van der Waals surface area contributed by atoms with Gasteiger partial charge in [0.1, 0.15) is 10.7 Å². The lowest BCUT2D eigenvalue weighted by atomic mass is 10.2. The molecule has 1 aromatic heterocycles. The maximum Gasteiger partial charge on any atom is 0.264 e. The SMILES string of the molecule is Cn1nccc1NS(=O)(=O)c1cc(C#N)ccc1Cl. The molecule has 0 unspecified atom stereocenters. The van der Waals surface area contributed by atoms with E-state index in [0.717, 1.165) is 0 Å². The van der Waals surface area contributed by atoms with Crippen molar-refractivity contribution in [2.24, 2.45) is 7.05 Å². The molecule has 8 heteroatoms. The summed E-state index contributed by atoms with van der Waals surface area (Å²) in [5.74, 6) is 0.304. The summed E-state index contributed by atoms with van der Waals surface area (Å²) in [7, 11) is -2.26. The molecule has 19 heavy (non-hydrogen) atoms. The van der Waals surface area contributed by atoms with E-state index in [2.05, 4.69) is 9.82 Å². The molecule has 1 heterocycles. The lowest BCUT2D eigenvalue weighted by Crippen LogP contribution is -2.16. The molecule has 1 N–H and O–H groups in total. The van der Waals surface area contributed by atoms with Crippen molar-refractivity contribution < 1.29 is 8.42 Å². The fourth-order valence-electron chi connectivity index (χ4n) is 1.45. The molecule has 0 radical (unpaired) electrons. The van der Waals surface area contributed by atoms with Gasteiger partial charge >= 0.3 is 0 Å². The van der Waals surface area contributed by atoms with Crippen LogP contribution in [0, 0.1) is 11.3 Å². The standard InChI is InChI=1S/C11H9ClN4O2S/c1-16-11(4-5-14-16)15-19(17,18)10-6-8(7-13)2-3-9(10)12/h2-6,15H,1H3. The monoisotopic (exact) mass is 296 g/mol. The number of hydrogen-bond acceptors (Lipinski definition) is 4. The summed E-state index contributed by atoms with van der Waals surface area (Å²) in [5, 5.41) is 12.7. The minimum absolute atomic E-state index is 0.0497. The summed E-state index contributed by atoms with van der Waals surface area (Å²) in [6.45, 7) is 0. The summed E-state index contributed by atoms with van der Waals surface area (Å²) < 4.78 is 28.1. The molecule has 0 amide bonds. The number of hydrogen-bond donors (Lipinski definition) is 1. The normalized spacial score (nSPS) is 11.0. The van der Waals surface area contributed by atoms with Crippen LogP contribution < -0.4 is 4.72 Å². The zero-order valence-electron chi connectivity index (χ0n) is 9.83. The maximum atomic E-state index is 12.2. The van der Waals surface area contributed by atoms with Crippen molar-refractivity contribution in [1.29, 1.82) is 5.26 Å². The minimum atomic E-state index is -3.86. The zero-order valence-corrected chi connectivity index (χ0v) is 11.4. The van der Waals surface area contributed by atoms with Gasteiger partial charge in [0, 0.05) is 13.1 Å². The Morgan fingerprint density at radius 1 is 1.42 bits per heavy atom. The fraction of sp³-hybridized carbons (Fsp3) is 0.0909. The van der Waals surface area contributed by atoms with Crippen molar-refractivity contribution in [3.63, 3.8) is 0 Å².